The van der Waals surface area contributed by atoms with E-state index in [9.17, 15) is 8.42 Å². The Labute approximate surface area is 116 Å². The summed E-state index contributed by atoms with van der Waals surface area (Å²) in [6.07, 6.45) is 3.02. The normalized spacial score (nSPS) is 13.0. The molecule has 0 bridgehead atoms. The first kappa shape index (κ1) is 15.8. The van der Waals surface area contributed by atoms with Crippen LogP contribution in [0.5, 0.6) is 5.75 Å². The van der Waals surface area contributed by atoms with E-state index in [0.29, 0.717) is 13.0 Å². The third kappa shape index (κ3) is 7.06. The Morgan fingerprint density at radius 3 is 2.74 bits per heavy atom. The van der Waals surface area contributed by atoms with Crippen LogP contribution in [0.1, 0.15) is 26.7 Å². The number of sulfone groups is 1. The molecule has 5 heteroatoms. The zero-order chi connectivity index (χ0) is 14.3. The molecular weight excluding hydrogens is 262 g/mol. The minimum atomic E-state index is -2.87. The van der Waals surface area contributed by atoms with Crippen LogP contribution in [-0.2, 0) is 9.84 Å². The van der Waals surface area contributed by atoms with Gasteiger partial charge >= 0.3 is 0 Å². The SMILES string of the molecule is CCC(C)Oc1cccc(NCCCS(C)(=O)=O)c1. The average molecular weight is 285 g/mol. The van der Waals surface area contributed by atoms with Gasteiger partial charge in [-0.05, 0) is 31.9 Å². The summed E-state index contributed by atoms with van der Waals surface area (Å²) in [4.78, 5) is 0. The molecule has 1 atom stereocenters. The number of anilines is 1. The summed E-state index contributed by atoms with van der Waals surface area (Å²) in [7, 11) is -2.87. The summed E-state index contributed by atoms with van der Waals surface area (Å²) in [6.45, 7) is 4.75. The molecule has 0 spiro atoms. The maximum absolute atomic E-state index is 11.0. The quantitative estimate of drug-likeness (QED) is 0.746. The number of ether oxygens (including phenoxy) is 1. The lowest BCUT2D eigenvalue weighted by atomic mass is 10.2. The Morgan fingerprint density at radius 1 is 1.37 bits per heavy atom. The van der Waals surface area contributed by atoms with Gasteiger partial charge in [0.1, 0.15) is 15.6 Å². The van der Waals surface area contributed by atoms with Gasteiger partial charge in [0.05, 0.1) is 11.9 Å². The van der Waals surface area contributed by atoms with Crippen molar-refractivity contribution in [1.82, 2.24) is 0 Å². The molecule has 0 amide bonds. The van der Waals surface area contributed by atoms with Crippen molar-refractivity contribution in [3.8, 4) is 5.75 Å². The minimum Gasteiger partial charge on any atom is -0.491 e. The van der Waals surface area contributed by atoms with Crippen LogP contribution in [-0.4, -0.2) is 33.1 Å². The van der Waals surface area contributed by atoms with Crippen LogP contribution >= 0.6 is 0 Å². The van der Waals surface area contributed by atoms with Crippen molar-refractivity contribution in [2.24, 2.45) is 0 Å². The van der Waals surface area contributed by atoms with Crippen molar-refractivity contribution in [1.29, 1.82) is 0 Å². The lowest BCUT2D eigenvalue weighted by Gasteiger charge is -2.14. The van der Waals surface area contributed by atoms with Gasteiger partial charge in [-0.3, -0.25) is 0 Å². The maximum Gasteiger partial charge on any atom is 0.147 e. The van der Waals surface area contributed by atoms with E-state index in [-0.39, 0.29) is 11.9 Å². The molecule has 0 saturated heterocycles. The van der Waals surface area contributed by atoms with Crippen LogP contribution in [0.15, 0.2) is 24.3 Å². The second kappa shape index (κ2) is 7.38. The third-order valence-electron chi connectivity index (χ3n) is 2.77. The van der Waals surface area contributed by atoms with Crippen molar-refractivity contribution in [3.05, 3.63) is 24.3 Å². The smallest absolute Gasteiger partial charge is 0.147 e. The Hall–Kier alpha value is -1.23. The van der Waals surface area contributed by atoms with E-state index in [1.165, 1.54) is 6.26 Å². The second-order valence-corrected chi connectivity index (χ2v) is 7.03. The van der Waals surface area contributed by atoms with Crippen molar-refractivity contribution in [2.75, 3.05) is 23.9 Å². The Morgan fingerprint density at radius 2 is 2.11 bits per heavy atom. The minimum absolute atomic E-state index is 0.195. The van der Waals surface area contributed by atoms with E-state index in [1.807, 2.05) is 31.2 Å². The van der Waals surface area contributed by atoms with Gasteiger partial charge in [-0.15, -0.1) is 0 Å². The molecule has 0 aliphatic carbocycles. The molecule has 1 unspecified atom stereocenters. The molecule has 108 valence electrons. The molecule has 19 heavy (non-hydrogen) atoms. The van der Waals surface area contributed by atoms with E-state index in [2.05, 4.69) is 12.2 Å². The molecule has 0 radical (unpaired) electrons. The largest absolute Gasteiger partial charge is 0.491 e. The summed E-state index contributed by atoms with van der Waals surface area (Å²) in [5.41, 5.74) is 0.953. The van der Waals surface area contributed by atoms with Crippen LogP contribution in [0, 0.1) is 0 Å². The van der Waals surface area contributed by atoms with Crippen molar-refractivity contribution in [3.63, 3.8) is 0 Å². The first-order chi connectivity index (χ1) is 8.90. The van der Waals surface area contributed by atoms with E-state index in [0.717, 1.165) is 17.9 Å². The molecule has 1 N–H and O–H groups in total. The first-order valence-electron chi connectivity index (χ1n) is 6.59. The molecule has 0 heterocycles. The average Bonchev–Trinajstić information content (AvgIpc) is 2.34. The molecule has 0 aliphatic heterocycles. The standard InChI is InChI=1S/C14H23NO3S/c1-4-12(2)18-14-8-5-7-13(11-14)15-9-6-10-19(3,16)17/h5,7-8,11-12,15H,4,6,9-10H2,1-3H3. The van der Waals surface area contributed by atoms with Gasteiger partial charge < -0.3 is 10.1 Å². The maximum atomic E-state index is 11.0. The highest BCUT2D eigenvalue weighted by Crippen LogP contribution is 2.19. The predicted octanol–water partition coefficient (Wildman–Crippen LogP) is 2.71. The summed E-state index contributed by atoms with van der Waals surface area (Å²) < 4.78 is 27.7. The fourth-order valence-corrected chi connectivity index (χ4v) is 2.23. The van der Waals surface area contributed by atoms with Gasteiger partial charge in [-0.25, -0.2) is 8.42 Å². The fourth-order valence-electron chi connectivity index (χ4n) is 1.56. The Balaban J connectivity index is 2.44. The number of nitrogens with one attached hydrogen (secondary N) is 1. The van der Waals surface area contributed by atoms with Gasteiger partial charge in [-0.1, -0.05) is 13.0 Å². The Bertz CT molecular complexity index is 485. The fraction of sp³-hybridized carbons (Fsp3) is 0.571. The van der Waals surface area contributed by atoms with Gasteiger partial charge in [0.25, 0.3) is 0 Å². The molecule has 0 fully saturated rings. The van der Waals surface area contributed by atoms with Crippen LogP contribution in [0.25, 0.3) is 0 Å². The van der Waals surface area contributed by atoms with Crippen molar-refractivity contribution < 1.29 is 13.2 Å². The van der Waals surface area contributed by atoms with E-state index in [1.54, 1.807) is 0 Å². The molecule has 0 aliphatic rings. The lowest BCUT2D eigenvalue weighted by Crippen LogP contribution is -2.11. The van der Waals surface area contributed by atoms with Crippen LogP contribution in [0.4, 0.5) is 5.69 Å². The van der Waals surface area contributed by atoms with Crippen LogP contribution in [0.2, 0.25) is 0 Å². The van der Waals surface area contributed by atoms with Gasteiger partial charge in [0, 0.05) is 24.6 Å². The third-order valence-corrected chi connectivity index (χ3v) is 3.80. The highest BCUT2D eigenvalue weighted by molar-refractivity contribution is 7.90. The first-order valence-corrected chi connectivity index (χ1v) is 8.65. The van der Waals surface area contributed by atoms with Crippen LogP contribution in [0.3, 0.4) is 0 Å². The van der Waals surface area contributed by atoms with Crippen molar-refractivity contribution >= 4 is 15.5 Å². The molecule has 1 rings (SSSR count). The summed E-state index contributed by atoms with van der Waals surface area (Å²) >= 11 is 0. The van der Waals surface area contributed by atoms with Crippen molar-refractivity contribution in [2.45, 2.75) is 32.8 Å². The molecule has 0 aromatic heterocycles. The summed E-state index contributed by atoms with van der Waals surface area (Å²) in [6, 6.07) is 7.74. The monoisotopic (exact) mass is 285 g/mol. The molecular formula is C14H23NO3S. The van der Waals surface area contributed by atoms with Gasteiger partial charge in [-0.2, -0.15) is 0 Å². The van der Waals surface area contributed by atoms with Gasteiger partial charge in [0.15, 0.2) is 0 Å². The van der Waals surface area contributed by atoms with E-state index >= 15 is 0 Å². The number of rotatable bonds is 8. The van der Waals surface area contributed by atoms with Crippen LogP contribution < -0.4 is 10.1 Å². The highest BCUT2D eigenvalue weighted by atomic mass is 32.2. The summed E-state index contributed by atoms with van der Waals surface area (Å²) in [5.74, 6) is 1.05. The molecule has 4 nitrogen and oxygen atoms in total. The number of hydrogen-bond acceptors (Lipinski definition) is 4. The molecule has 1 aromatic rings. The van der Waals surface area contributed by atoms with E-state index < -0.39 is 9.84 Å². The lowest BCUT2D eigenvalue weighted by molar-refractivity contribution is 0.217. The zero-order valence-electron chi connectivity index (χ0n) is 11.8. The molecule has 1 aromatic carbocycles. The predicted molar refractivity (Wildman–Crippen MR) is 79.6 cm³/mol. The second-order valence-electron chi connectivity index (χ2n) is 4.77. The zero-order valence-corrected chi connectivity index (χ0v) is 12.7. The molecule has 0 saturated carbocycles. The number of hydrogen-bond donors (Lipinski definition) is 1. The topological polar surface area (TPSA) is 55.4 Å². The Kier molecular flexibility index (Phi) is 6.15. The number of benzene rings is 1. The van der Waals surface area contributed by atoms with Gasteiger partial charge in [0.2, 0.25) is 0 Å². The van der Waals surface area contributed by atoms with E-state index in [4.69, 9.17) is 4.74 Å². The highest BCUT2D eigenvalue weighted by Gasteiger charge is 2.03. The summed E-state index contributed by atoms with van der Waals surface area (Å²) in [5, 5.41) is 3.20.